The number of nitrogens with one attached hydrogen (secondary N) is 1. The average molecular weight is 421 g/mol. The number of hydrogen-bond acceptors (Lipinski definition) is 7. The van der Waals surface area contributed by atoms with Gasteiger partial charge < -0.3 is 19.0 Å². The van der Waals surface area contributed by atoms with Crippen LogP contribution in [0, 0.1) is 13.8 Å². The highest BCUT2D eigenvalue weighted by molar-refractivity contribution is 7.87. The Balaban J connectivity index is 1.98. The SMILES string of the molecule is COCCNC(=O)COC(=O)c1ccc(OS(=O)(=O)c2cc(C)ccc2C)cc1. The summed E-state index contributed by atoms with van der Waals surface area (Å²) in [6.07, 6.45) is 0. The molecule has 0 aromatic heterocycles. The zero-order valence-electron chi connectivity index (χ0n) is 16.4. The minimum Gasteiger partial charge on any atom is -0.452 e. The zero-order valence-corrected chi connectivity index (χ0v) is 17.2. The summed E-state index contributed by atoms with van der Waals surface area (Å²) in [5.41, 5.74) is 1.52. The number of aryl methyl sites for hydroxylation is 2. The van der Waals surface area contributed by atoms with Crippen LogP contribution < -0.4 is 9.50 Å². The fraction of sp³-hybridized carbons (Fsp3) is 0.300. The van der Waals surface area contributed by atoms with E-state index in [0.717, 1.165) is 5.56 Å². The van der Waals surface area contributed by atoms with Gasteiger partial charge in [0.1, 0.15) is 10.6 Å². The van der Waals surface area contributed by atoms with E-state index in [1.807, 2.05) is 6.07 Å². The molecule has 0 aliphatic rings. The van der Waals surface area contributed by atoms with Crippen LogP contribution >= 0.6 is 0 Å². The molecular weight excluding hydrogens is 398 g/mol. The normalized spacial score (nSPS) is 11.0. The average Bonchev–Trinajstić information content (AvgIpc) is 2.68. The van der Waals surface area contributed by atoms with Crippen molar-refractivity contribution in [2.75, 3.05) is 26.9 Å². The van der Waals surface area contributed by atoms with Crippen molar-refractivity contribution in [2.24, 2.45) is 0 Å². The van der Waals surface area contributed by atoms with Gasteiger partial charge in [-0.2, -0.15) is 8.42 Å². The highest BCUT2D eigenvalue weighted by Gasteiger charge is 2.20. The fourth-order valence-electron chi connectivity index (χ4n) is 2.35. The Kier molecular flexibility index (Phi) is 7.74. The lowest BCUT2D eigenvalue weighted by Gasteiger charge is -2.10. The van der Waals surface area contributed by atoms with Crippen molar-refractivity contribution in [3.63, 3.8) is 0 Å². The van der Waals surface area contributed by atoms with Crippen LogP contribution in [0.2, 0.25) is 0 Å². The van der Waals surface area contributed by atoms with Crippen molar-refractivity contribution in [1.29, 1.82) is 0 Å². The molecule has 0 saturated heterocycles. The third-order valence-corrected chi connectivity index (χ3v) is 5.26. The van der Waals surface area contributed by atoms with Crippen LogP contribution in [0.4, 0.5) is 0 Å². The van der Waals surface area contributed by atoms with Crippen molar-refractivity contribution >= 4 is 22.0 Å². The molecule has 8 nitrogen and oxygen atoms in total. The van der Waals surface area contributed by atoms with E-state index < -0.39 is 28.6 Å². The fourth-order valence-corrected chi connectivity index (χ4v) is 3.60. The van der Waals surface area contributed by atoms with Crippen LogP contribution in [0.25, 0.3) is 0 Å². The molecule has 0 aliphatic carbocycles. The third-order valence-electron chi connectivity index (χ3n) is 3.87. The van der Waals surface area contributed by atoms with Crippen molar-refractivity contribution in [3.05, 3.63) is 59.2 Å². The first-order valence-electron chi connectivity index (χ1n) is 8.77. The Hall–Kier alpha value is -2.91. The summed E-state index contributed by atoms with van der Waals surface area (Å²) in [7, 11) is -2.50. The number of carbonyl (C=O) groups is 2. The van der Waals surface area contributed by atoms with Crippen molar-refractivity contribution in [3.8, 4) is 5.75 Å². The van der Waals surface area contributed by atoms with Gasteiger partial charge in [-0.3, -0.25) is 4.79 Å². The molecular formula is C20H23NO7S. The predicted molar refractivity (Wildman–Crippen MR) is 105 cm³/mol. The molecule has 0 spiro atoms. The Labute approximate surface area is 169 Å². The summed E-state index contributed by atoms with van der Waals surface area (Å²) in [6, 6.07) is 10.5. The number of amides is 1. The summed E-state index contributed by atoms with van der Waals surface area (Å²) in [4.78, 5) is 23.6. The zero-order chi connectivity index (χ0) is 21.4. The third kappa shape index (κ3) is 6.58. The van der Waals surface area contributed by atoms with Crippen LogP contribution in [-0.2, 0) is 24.4 Å². The lowest BCUT2D eigenvalue weighted by Crippen LogP contribution is -2.31. The number of rotatable bonds is 9. The molecule has 9 heteroatoms. The topological polar surface area (TPSA) is 108 Å². The molecule has 0 unspecified atom stereocenters. The van der Waals surface area contributed by atoms with Crippen LogP contribution in [0.3, 0.4) is 0 Å². The highest BCUT2D eigenvalue weighted by atomic mass is 32.2. The summed E-state index contributed by atoms with van der Waals surface area (Å²) in [5, 5.41) is 2.52. The van der Waals surface area contributed by atoms with Crippen molar-refractivity contribution < 1.29 is 31.7 Å². The van der Waals surface area contributed by atoms with E-state index in [0.29, 0.717) is 18.7 Å². The Morgan fingerprint density at radius 1 is 1.03 bits per heavy atom. The quantitative estimate of drug-likeness (QED) is 0.375. The molecule has 0 atom stereocenters. The molecule has 2 aromatic carbocycles. The van der Waals surface area contributed by atoms with E-state index in [1.165, 1.54) is 37.4 Å². The minimum atomic E-state index is -4.01. The maximum Gasteiger partial charge on any atom is 0.339 e. The van der Waals surface area contributed by atoms with Gasteiger partial charge in [0, 0.05) is 13.7 Å². The molecule has 0 bridgehead atoms. The van der Waals surface area contributed by atoms with Gasteiger partial charge in [0.15, 0.2) is 6.61 Å². The second kappa shape index (κ2) is 10.0. The number of ether oxygens (including phenoxy) is 2. The van der Waals surface area contributed by atoms with E-state index in [4.69, 9.17) is 13.7 Å². The first-order chi connectivity index (χ1) is 13.7. The number of methoxy groups -OCH3 is 1. The Bertz CT molecular complexity index is 969. The minimum absolute atomic E-state index is 0.0553. The van der Waals surface area contributed by atoms with Gasteiger partial charge in [-0.25, -0.2) is 4.79 Å². The number of benzene rings is 2. The van der Waals surface area contributed by atoms with Gasteiger partial charge >= 0.3 is 16.1 Å². The van der Waals surface area contributed by atoms with E-state index in [1.54, 1.807) is 19.9 Å². The van der Waals surface area contributed by atoms with Gasteiger partial charge in [0.05, 0.1) is 12.2 Å². The molecule has 1 N–H and O–H groups in total. The molecule has 0 heterocycles. The lowest BCUT2D eigenvalue weighted by atomic mass is 10.2. The first-order valence-corrected chi connectivity index (χ1v) is 10.2. The van der Waals surface area contributed by atoms with Gasteiger partial charge in [-0.15, -0.1) is 0 Å². The maximum absolute atomic E-state index is 12.5. The van der Waals surface area contributed by atoms with Gasteiger partial charge in [0.2, 0.25) is 0 Å². The summed E-state index contributed by atoms with van der Waals surface area (Å²) in [6.45, 7) is 3.71. The second-order valence-electron chi connectivity index (χ2n) is 6.25. The monoisotopic (exact) mass is 421 g/mol. The lowest BCUT2D eigenvalue weighted by molar-refractivity contribution is -0.124. The summed E-state index contributed by atoms with van der Waals surface area (Å²) in [5.74, 6) is -1.11. The first kappa shape index (κ1) is 22.4. The summed E-state index contributed by atoms with van der Waals surface area (Å²) >= 11 is 0. The molecule has 0 radical (unpaired) electrons. The molecule has 1 amide bonds. The van der Waals surface area contributed by atoms with Crippen LogP contribution in [0.5, 0.6) is 5.75 Å². The van der Waals surface area contributed by atoms with Gasteiger partial charge in [0.25, 0.3) is 5.91 Å². The second-order valence-corrected chi connectivity index (χ2v) is 7.76. The predicted octanol–water partition coefficient (Wildman–Crippen LogP) is 1.99. The van der Waals surface area contributed by atoms with E-state index in [9.17, 15) is 18.0 Å². The van der Waals surface area contributed by atoms with Crippen LogP contribution in [-0.4, -0.2) is 47.2 Å². The Morgan fingerprint density at radius 2 is 1.72 bits per heavy atom. The smallest absolute Gasteiger partial charge is 0.339 e. The van der Waals surface area contributed by atoms with E-state index in [-0.39, 0.29) is 16.2 Å². The molecule has 0 fully saturated rings. The van der Waals surface area contributed by atoms with Gasteiger partial charge in [-0.05, 0) is 55.3 Å². The standard InChI is InChI=1S/C20H23NO7S/c1-14-4-5-15(2)18(12-14)29(24,25)28-17-8-6-16(7-9-17)20(23)27-13-19(22)21-10-11-26-3/h4-9,12H,10-11,13H2,1-3H3,(H,21,22). The van der Waals surface area contributed by atoms with Crippen molar-refractivity contribution in [2.45, 2.75) is 18.7 Å². The van der Waals surface area contributed by atoms with Crippen LogP contribution in [0.1, 0.15) is 21.5 Å². The highest BCUT2D eigenvalue weighted by Crippen LogP contribution is 2.22. The molecule has 29 heavy (non-hydrogen) atoms. The molecule has 0 aliphatic heterocycles. The van der Waals surface area contributed by atoms with Crippen molar-refractivity contribution in [1.82, 2.24) is 5.32 Å². The molecule has 156 valence electrons. The van der Waals surface area contributed by atoms with E-state index >= 15 is 0 Å². The number of hydrogen-bond donors (Lipinski definition) is 1. The maximum atomic E-state index is 12.5. The number of esters is 1. The Morgan fingerprint density at radius 3 is 2.38 bits per heavy atom. The van der Waals surface area contributed by atoms with Gasteiger partial charge in [-0.1, -0.05) is 12.1 Å². The molecule has 0 saturated carbocycles. The number of carbonyl (C=O) groups excluding carboxylic acids is 2. The van der Waals surface area contributed by atoms with Crippen LogP contribution in [0.15, 0.2) is 47.4 Å². The molecule has 2 aromatic rings. The largest absolute Gasteiger partial charge is 0.452 e. The summed E-state index contributed by atoms with van der Waals surface area (Å²) < 4.78 is 39.9. The van der Waals surface area contributed by atoms with E-state index in [2.05, 4.69) is 5.32 Å². The molecule has 2 rings (SSSR count).